The quantitative estimate of drug-likeness (QED) is 0.291. The first-order valence-corrected chi connectivity index (χ1v) is 9.73. The van der Waals surface area contributed by atoms with Crippen LogP contribution >= 0.6 is 0 Å². The monoisotopic (exact) mass is 412 g/mol. The zero-order chi connectivity index (χ0) is 21.6. The van der Waals surface area contributed by atoms with Crippen molar-refractivity contribution in [3.8, 4) is 16.9 Å². The van der Waals surface area contributed by atoms with Gasteiger partial charge in [-0.15, -0.1) is 0 Å². The minimum Gasteiger partial charge on any atom is -0.484 e. The molecule has 3 aromatic carbocycles. The fourth-order valence-electron chi connectivity index (χ4n) is 3.15. The van der Waals surface area contributed by atoms with Gasteiger partial charge in [0, 0.05) is 17.5 Å². The number of hydrogen-bond acceptors (Lipinski definition) is 5. The summed E-state index contributed by atoms with van der Waals surface area (Å²) in [6.07, 6.45) is 1.57. The average molecular weight is 412 g/mol. The molecule has 6 nitrogen and oxygen atoms in total. The van der Waals surface area contributed by atoms with Crippen molar-refractivity contribution >= 4 is 23.1 Å². The third kappa shape index (κ3) is 5.05. The van der Waals surface area contributed by atoms with Gasteiger partial charge >= 0.3 is 5.63 Å². The van der Waals surface area contributed by atoms with Crippen LogP contribution in [0.3, 0.4) is 0 Å². The van der Waals surface area contributed by atoms with E-state index in [-0.39, 0.29) is 6.61 Å². The van der Waals surface area contributed by atoms with Crippen molar-refractivity contribution in [1.29, 1.82) is 0 Å². The molecule has 1 amide bonds. The highest BCUT2D eigenvalue weighted by Gasteiger charge is 2.06. The molecule has 0 fully saturated rings. The number of amides is 1. The van der Waals surface area contributed by atoms with Gasteiger partial charge in [-0.05, 0) is 41.3 Å². The topological polar surface area (TPSA) is 80.9 Å². The molecule has 0 aliphatic carbocycles. The summed E-state index contributed by atoms with van der Waals surface area (Å²) in [6.45, 7) is 1.62. The summed E-state index contributed by atoms with van der Waals surface area (Å²) in [5.74, 6) is 0.0276. The first-order valence-electron chi connectivity index (χ1n) is 9.73. The van der Waals surface area contributed by atoms with Crippen LogP contribution in [0, 0.1) is 6.92 Å². The van der Waals surface area contributed by atoms with E-state index >= 15 is 0 Å². The van der Waals surface area contributed by atoms with Gasteiger partial charge in [-0.3, -0.25) is 4.79 Å². The van der Waals surface area contributed by atoms with Crippen LogP contribution in [0.5, 0.6) is 5.75 Å². The fourth-order valence-corrected chi connectivity index (χ4v) is 3.15. The predicted molar refractivity (Wildman–Crippen MR) is 120 cm³/mol. The van der Waals surface area contributed by atoms with E-state index in [4.69, 9.17) is 9.15 Å². The van der Waals surface area contributed by atoms with Gasteiger partial charge in [0.1, 0.15) is 11.3 Å². The van der Waals surface area contributed by atoms with Gasteiger partial charge in [0.05, 0.1) is 6.21 Å². The Morgan fingerprint density at radius 1 is 1.00 bits per heavy atom. The number of nitrogens with one attached hydrogen (secondary N) is 1. The number of nitrogens with zero attached hydrogens (tertiary/aromatic N) is 1. The lowest BCUT2D eigenvalue weighted by atomic mass is 10.0. The smallest absolute Gasteiger partial charge is 0.336 e. The van der Waals surface area contributed by atoms with Crippen molar-refractivity contribution in [2.75, 3.05) is 6.61 Å². The van der Waals surface area contributed by atoms with Crippen LogP contribution in [-0.2, 0) is 4.79 Å². The first kappa shape index (κ1) is 20.1. The molecule has 4 aromatic rings. The molecule has 0 unspecified atom stereocenters. The third-order valence-corrected chi connectivity index (χ3v) is 4.71. The lowest BCUT2D eigenvalue weighted by Crippen LogP contribution is -2.24. The van der Waals surface area contributed by atoms with E-state index in [2.05, 4.69) is 10.5 Å². The first-order chi connectivity index (χ1) is 15.1. The molecule has 0 saturated carbocycles. The van der Waals surface area contributed by atoms with Gasteiger partial charge in [0.15, 0.2) is 6.61 Å². The van der Waals surface area contributed by atoms with Crippen molar-refractivity contribution in [3.05, 3.63) is 100 Å². The molecule has 0 aliphatic rings. The molecular formula is C25H20N2O4. The molecule has 0 spiro atoms. The van der Waals surface area contributed by atoms with Crippen LogP contribution in [-0.4, -0.2) is 18.7 Å². The third-order valence-electron chi connectivity index (χ3n) is 4.71. The molecule has 0 radical (unpaired) electrons. The highest BCUT2D eigenvalue weighted by atomic mass is 16.5. The van der Waals surface area contributed by atoms with Crippen molar-refractivity contribution in [2.45, 2.75) is 6.92 Å². The van der Waals surface area contributed by atoms with Crippen LogP contribution in [0.4, 0.5) is 0 Å². The van der Waals surface area contributed by atoms with E-state index in [0.717, 1.165) is 27.6 Å². The van der Waals surface area contributed by atoms with E-state index in [9.17, 15) is 9.59 Å². The molecule has 6 heteroatoms. The molecule has 31 heavy (non-hydrogen) atoms. The van der Waals surface area contributed by atoms with Crippen molar-refractivity contribution in [3.63, 3.8) is 0 Å². The summed E-state index contributed by atoms with van der Waals surface area (Å²) < 4.78 is 10.7. The summed E-state index contributed by atoms with van der Waals surface area (Å²) >= 11 is 0. The Kier molecular flexibility index (Phi) is 5.89. The molecule has 1 N–H and O–H groups in total. The highest BCUT2D eigenvalue weighted by Crippen LogP contribution is 2.22. The van der Waals surface area contributed by atoms with E-state index in [0.29, 0.717) is 11.3 Å². The maximum absolute atomic E-state index is 12.0. The lowest BCUT2D eigenvalue weighted by Gasteiger charge is -2.06. The Labute approximate surface area is 178 Å². The Hall–Kier alpha value is -4.19. The maximum atomic E-state index is 12.0. The minimum atomic E-state index is -0.425. The summed E-state index contributed by atoms with van der Waals surface area (Å²) in [6, 6.07) is 24.5. The molecule has 154 valence electrons. The predicted octanol–water partition coefficient (Wildman–Crippen LogP) is 4.30. The van der Waals surface area contributed by atoms with Crippen LogP contribution in [0.15, 0.2) is 93.2 Å². The van der Waals surface area contributed by atoms with Gasteiger partial charge in [-0.25, -0.2) is 10.2 Å². The number of benzene rings is 3. The van der Waals surface area contributed by atoms with Gasteiger partial charge in [-0.1, -0.05) is 54.6 Å². The largest absolute Gasteiger partial charge is 0.484 e. The van der Waals surface area contributed by atoms with E-state index in [1.165, 1.54) is 6.07 Å². The maximum Gasteiger partial charge on any atom is 0.336 e. The minimum absolute atomic E-state index is 0.216. The van der Waals surface area contributed by atoms with Crippen molar-refractivity contribution < 1.29 is 13.9 Å². The molecule has 0 atom stereocenters. The normalized spacial score (nSPS) is 11.0. The Bertz CT molecular complexity index is 1290. The number of ether oxygens (including phenoxy) is 1. The molecule has 0 aliphatic heterocycles. The van der Waals surface area contributed by atoms with E-state index in [1.54, 1.807) is 24.4 Å². The van der Waals surface area contributed by atoms with Gasteiger partial charge < -0.3 is 9.15 Å². The Morgan fingerprint density at radius 3 is 2.52 bits per heavy atom. The van der Waals surface area contributed by atoms with Crippen LogP contribution in [0.2, 0.25) is 0 Å². The second kappa shape index (κ2) is 9.09. The fraction of sp³-hybridized carbons (Fsp3) is 0.0800. The standard InChI is InChI=1S/C25H20N2O4/c1-17-13-25(29)31-23-14-21(11-12-22(17)23)30-16-24(28)27-26-15-18-7-9-20(10-8-18)19-5-3-2-4-6-19/h2-15H,16H2,1H3,(H,27,28)/b26-15-. The van der Waals surface area contributed by atoms with Crippen LogP contribution < -0.4 is 15.8 Å². The second-order valence-electron chi connectivity index (χ2n) is 6.98. The summed E-state index contributed by atoms with van der Waals surface area (Å²) in [7, 11) is 0. The van der Waals surface area contributed by atoms with Crippen molar-refractivity contribution in [2.24, 2.45) is 5.10 Å². The molecule has 0 saturated heterocycles. The van der Waals surface area contributed by atoms with Gasteiger partial charge in [-0.2, -0.15) is 5.10 Å². The number of aryl methyl sites for hydroxylation is 1. The Morgan fingerprint density at radius 2 is 1.74 bits per heavy atom. The molecule has 1 heterocycles. The second-order valence-corrected chi connectivity index (χ2v) is 6.98. The van der Waals surface area contributed by atoms with Gasteiger partial charge in [0.2, 0.25) is 0 Å². The van der Waals surface area contributed by atoms with E-state index in [1.807, 2.05) is 61.5 Å². The van der Waals surface area contributed by atoms with Gasteiger partial charge in [0.25, 0.3) is 5.91 Å². The molecular weight excluding hydrogens is 392 g/mol. The number of rotatable bonds is 6. The number of hydrogen-bond donors (Lipinski definition) is 1. The van der Waals surface area contributed by atoms with Crippen molar-refractivity contribution in [1.82, 2.24) is 5.43 Å². The van der Waals surface area contributed by atoms with E-state index < -0.39 is 11.5 Å². The number of carbonyl (C=O) groups is 1. The average Bonchev–Trinajstić information content (AvgIpc) is 2.78. The zero-order valence-electron chi connectivity index (χ0n) is 16.9. The summed E-state index contributed by atoms with van der Waals surface area (Å²) in [5, 5.41) is 4.78. The summed E-state index contributed by atoms with van der Waals surface area (Å²) in [5.41, 5.74) is 6.36. The lowest BCUT2D eigenvalue weighted by molar-refractivity contribution is -0.123. The Balaban J connectivity index is 1.31. The molecule has 4 rings (SSSR count). The molecule has 0 bridgehead atoms. The number of fused-ring (bicyclic) bond motifs is 1. The molecule has 1 aromatic heterocycles. The SMILES string of the molecule is Cc1cc(=O)oc2cc(OCC(=O)N/N=C\c3ccc(-c4ccccc4)cc3)ccc12. The van der Waals surface area contributed by atoms with Crippen LogP contribution in [0.1, 0.15) is 11.1 Å². The number of hydrazone groups is 1. The number of carbonyl (C=O) groups excluding carboxylic acids is 1. The summed E-state index contributed by atoms with van der Waals surface area (Å²) in [4.78, 5) is 23.5. The van der Waals surface area contributed by atoms with Crippen LogP contribution in [0.25, 0.3) is 22.1 Å². The highest BCUT2D eigenvalue weighted by molar-refractivity contribution is 5.84. The zero-order valence-corrected chi connectivity index (χ0v) is 16.9.